The van der Waals surface area contributed by atoms with Crippen molar-refractivity contribution in [2.75, 3.05) is 17.7 Å². The van der Waals surface area contributed by atoms with Crippen LogP contribution in [0.2, 0.25) is 10.0 Å². The number of ether oxygens (including phenoxy) is 1. The highest BCUT2D eigenvalue weighted by Gasteiger charge is 2.28. The maximum absolute atomic E-state index is 12.7. The second kappa shape index (κ2) is 20.3. The molecular formula is C41H27Cl2N9O16S6. The lowest BCUT2D eigenvalue weighted by atomic mass is 10.0. The van der Waals surface area contributed by atoms with Gasteiger partial charge in [0.1, 0.15) is 53.7 Å². The number of nitriles is 2. The molecule has 7 aromatic rings. The average Bonchev–Trinajstić information content (AvgIpc) is 3.66. The van der Waals surface area contributed by atoms with E-state index in [-0.39, 0.29) is 76.6 Å². The zero-order valence-electron chi connectivity index (χ0n) is 36.6. The summed E-state index contributed by atoms with van der Waals surface area (Å²) in [6.45, 7) is 1.38. The molecule has 74 heavy (non-hydrogen) atoms. The minimum atomic E-state index is -5.40. The molecule has 0 fully saturated rings. The number of aromatic nitrogens is 1. The fourth-order valence-electron chi connectivity index (χ4n) is 6.83. The highest BCUT2D eigenvalue weighted by Crippen LogP contribution is 2.49. The van der Waals surface area contributed by atoms with Crippen molar-refractivity contribution in [1.29, 1.82) is 10.5 Å². The van der Waals surface area contributed by atoms with Crippen LogP contribution in [0.1, 0.15) is 16.7 Å². The lowest BCUT2D eigenvalue weighted by Gasteiger charge is -2.16. The lowest BCUT2D eigenvalue weighted by Crippen LogP contribution is -2.07. The number of halogens is 2. The number of nitrogens with zero attached hydrogens (tertiary/aromatic N) is 7. The first-order valence-corrected chi connectivity index (χ1v) is 28.3. The summed E-state index contributed by atoms with van der Waals surface area (Å²) >= 11 is 12.7. The molecule has 25 nitrogen and oxygen atoms in total. The molecule has 7 rings (SSSR count). The summed E-state index contributed by atoms with van der Waals surface area (Å²) in [5.41, 5.74) is -1.12. The molecule has 0 bridgehead atoms. The molecule has 0 aliphatic carbocycles. The molecule has 0 aliphatic heterocycles. The van der Waals surface area contributed by atoms with Gasteiger partial charge in [0, 0.05) is 33.3 Å². The van der Waals surface area contributed by atoms with Crippen molar-refractivity contribution in [3.63, 3.8) is 0 Å². The number of benzene rings is 5. The molecule has 0 spiro atoms. The number of hydrogen-bond acceptors (Lipinski definition) is 21. The van der Waals surface area contributed by atoms with Gasteiger partial charge in [0.05, 0.1) is 33.3 Å². The minimum Gasteiger partial charge on any atom is -0.497 e. The Hall–Kier alpha value is -7.08. The summed E-state index contributed by atoms with van der Waals surface area (Å²) in [4.78, 5) is -0.500. The number of azo groups is 2. The Balaban J connectivity index is 1.44. The maximum atomic E-state index is 12.7. The number of nitrogens with one attached hydrogen (secondary N) is 2. The zero-order valence-corrected chi connectivity index (χ0v) is 43.1. The molecule has 33 heteroatoms. The van der Waals surface area contributed by atoms with E-state index in [4.69, 9.17) is 27.9 Å². The number of fused-ring (bicyclic) bond motifs is 1. The molecule has 0 unspecified atom stereocenters. The summed E-state index contributed by atoms with van der Waals surface area (Å²) in [6.07, 6.45) is 0. The Morgan fingerprint density at radius 2 is 1.08 bits per heavy atom. The van der Waals surface area contributed by atoms with Crippen LogP contribution >= 0.6 is 34.5 Å². The van der Waals surface area contributed by atoms with E-state index < -0.39 is 91.5 Å². The van der Waals surface area contributed by atoms with E-state index in [1.54, 1.807) is 0 Å². The average molecular weight is 1170 g/mol. The Bertz CT molecular complexity index is 4280. The standard InChI is InChI=1S/C41H27Cl2N9O16S6/c1-19-28(17-44)38(46-21-5-9-30(42)34(12-21)73(62,63)64)48-39(47-22-6-10-31(43)35(13-22)74(65,66)67)37(19)50-51-40-29(18-45)36(20-3-7-24(68-2)8-4-20)41(69-40)52-49-23-11-26-27(32(14-23)71(56,57)58)15-25(70(53,54)55)16-33(26)72(59,60)61/h3-16H,1-2H3,(H2,46,47,48)(H,53,54,55)(H,56,57,58)(H,59,60,61)(H,62,63,64)(H,65,66,67)/b51-50?,52-49+. The van der Waals surface area contributed by atoms with Crippen LogP contribution in [0.5, 0.6) is 5.75 Å². The summed E-state index contributed by atoms with van der Waals surface area (Å²) in [5.74, 6) is -0.199. The second-order valence-corrected chi connectivity index (χ2v) is 23.6. The highest BCUT2D eigenvalue weighted by atomic mass is 35.5. The van der Waals surface area contributed by atoms with E-state index >= 15 is 0 Å². The van der Waals surface area contributed by atoms with Crippen LogP contribution in [0, 0.1) is 29.6 Å². The van der Waals surface area contributed by atoms with Crippen molar-refractivity contribution in [3.8, 4) is 29.0 Å². The van der Waals surface area contributed by atoms with Crippen molar-refractivity contribution in [1.82, 2.24) is 4.98 Å². The quantitative estimate of drug-likeness (QED) is 0.0370. The molecule has 0 saturated carbocycles. The summed E-state index contributed by atoms with van der Waals surface area (Å²) in [7, 11) is -24.4. The SMILES string of the molecule is COc1ccc(-c2c(/N=N/c3cc(S(=O)(=O)O)c4cc(S(=O)(=O)O)cc(S(=O)(=O)O)c4c3)sc(N=Nc3c(Nc4ccc(Cl)c(S(=O)(=O)O)c4)nc(Nc4ccc(Cl)c(S(=O)(=O)O)c4)c(C#N)c3C)c2C#N)cc1. The Labute approximate surface area is 432 Å². The van der Waals surface area contributed by atoms with Gasteiger partial charge in [0.15, 0.2) is 16.6 Å². The molecule has 0 aliphatic rings. The molecule has 0 atom stereocenters. The van der Waals surface area contributed by atoms with Gasteiger partial charge in [0.25, 0.3) is 50.6 Å². The van der Waals surface area contributed by atoms with Crippen LogP contribution in [0.3, 0.4) is 0 Å². The first kappa shape index (κ1) is 54.7. The Morgan fingerprint density at radius 1 is 0.581 bits per heavy atom. The molecule has 5 aromatic carbocycles. The maximum Gasteiger partial charge on any atom is 0.296 e. The third-order valence-electron chi connectivity index (χ3n) is 10.1. The summed E-state index contributed by atoms with van der Waals surface area (Å²) in [5, 5.41) is 41.0. The first-order valence-electron chi connectivity index (χ1n) is 19.5. The molecule has 7 N–H and O–H groups in total. The molecule has 2 aromatic heterocycles. The number of methoxy groups -OCH3 is 1. The summed E-state index contributed by atoms with van der Waals surface area (Å²) in [6, 6.07) is 19.0. The van der Waals surface area contributed by atoms with Crippen LogP contribution in [0.15, 0.2) is 130 Å². The van der Waals surface area contributed by atoms with Gasteiger partial charge in [-0.25, -0.2) is 4.98 Å². The van der Waals surface area contributed by atoms with E-state index in [0.717, 1.165) is 30.3 Å². The number of anilines is 4. The molecule has 0 saturated heterocycles. The third-order valence-corrected chi connectivity index (χ3v) is 16.4. The van der Waals surface area contributed by atoms with E-state index in [1.807, 2.05) is 12.1 Å². The van der Waals surface area contributed by atoms with Gasteiger partial charge in [0.2, 0.25) is 0 Å². The van der Waals surface area contributed by atoms with Gasteiger partial charge in [-0.2, -0.15) is 52.6 Å². The Kier molecular flexibility index (Phi) is 15.0. The van der Waals surface area contributed by atoms with Crippen LogP contribution in [0.25, 0.3) is 21.9 Å². The fourth-order valence-corrected chi connectivity index (χ4v) is 11.8. The zero-order chi connectivity index (χ0) is 54.5. The lowest BCUT2D eigenvalue weighted by molar-refractivity contribution is 0.415. The van der Waals surface area contributed by atoms with Crippen molar-refractivity contribution in [2.24, 2.45) is 20.5 Å². The minimum absolute atomic E-state index is 0.00606. The van der Waals surface area contributed by atoms with Crippen molar-refractivity contribution >= 4 is 140 Å². The second-order valence-electron chi connectivity index (χ2n) is 14.8. The van der Waals surface area contributed by atoms with Gasteiger partial charge < -0.3 is 15.4 Å². The number of hydrogen-bond donors (Lipinski definition) is 7. The summed E-state index contributed by atoms with van der Waals surface area (Å²) < 4.78 is 178. The molecule has 382 valence electrons. The van der Waals surface area contributed by atoms with Crippen LogP contribution in [-0.2, 0) is 50.6 Å². The van der Waals surface area contributed by atoms with E-state index in [9.17, 15) is 75.4 Å². The fraction of sp³-hybridized carbons (Fsp3) is 0.0488. The van der Waals surface area contributed by atoms with Gasteiger partial charge in [-0.05, 0) is 85.3 Å². The van der Waals surface area contributed by atoms with E-state index in [2.05, 4.69) is 36.1 Å². The van der Waals surface area contributed by atoms with Crippen molar-refractivity contribution in [2.45, 2.75) is 31.4 Å². The Morgan fingerprint density at radius 3 is 1.58 bits per heavy atom. The number of rotatable bonds is 15. The monoisotopic (exact) mass is 1160 g/mol. The van der Waals surface area contributed by atoms with Crippen molar-refractivity contribution in [3.05, 3.63) is 112 Å². The van der Waals surface area contributed by atoms with Gasteiger partial charge in [-0.1, -0.05) is 46.7 Å². The van der Waals surface area contributed by atoms with Gasteiger partial charge in [-0.3, -0.25) is 22.8 Å². The first-order chi connectivity index (χ1) is 34.4. The highest BCUT2D eigenvalue weighted by molar-refractivity contribution is 7.87. The van der Waals surface area contributed by atoms with Gasteiger partial charge in [-0.15, -0.1) is 20.5 Å². The largest absolute Gasteiger partial charge is 0.497 e. The third kappa shape index (κ3) is 11.6. The predicted octanol–water partition coefficient (Wildman–Crippen LogP) is 9.88. The number of thiophene rings is 1. The normalized spacial score (nSPS) is 12.5. The predicted molar refractivity (Wildman–Crippen MR) is 266 cm³/mol. The van der Waals surface area contributed by atoms with Crippen molar-refractivity contribution < 1.29 is 69.6 Å². The topological polar surface area (TPSA) is 415 Å². The molecular weight excluding hydrogens is 1140 g/mol. The van der Waals surface area contributed by atoms with Crippen LogP contribution < -0.4 is 15.4 Å². The number of pyridine rings is 1. The molecule has 2 heterocycles. The molecule has 0 amide bonds. The van der Waals surface area contributed by atoms with Crippen LogP contribution in [0.4, 0.5) is 44.4 Å². The van der Waals surface area contributed by atoms with E-state index in [1.165, 1.54) is 50.4 Å². The van der Waals surface area contributed by atoms with E-state index in [0.29, 0.717) is 35.3 Å². The smallest absolute Gasteiger partial charge is 0.296 e. The van der Waals surface area contributed by atoms with Gasteiger partial charge >= 0.3 is 0 Å². The molecule has 0 radical (unpaired) electrons. The van der Waals surface area contributed by atoms with Crippen LogP contribution in [-0.4, -0.2) is 76.9 Å².